The lowest BCUT2D eigenvalue weighted by Crippen LogP contribution is -2.08. The molecule has 0 radical (unpaired) electrons. The minimum absolute atomic E-state index is 0.254. The Kier molecular flexibility index (Phi) is 6.54. The van der Waals surface area contributed by atoms with Gasteiger partial charge in [-0.1, -0.05) is 31.4 Å². The molecule has 19 heavy (non-hydrogen) atoms. The first-order chi connectivity index (χ1) is 8.98. The zero-order chi connectivity index (χ0) is 14.3. The van der Waals surface area contributed by atoms with Crippen LogP contribution in [0.3, 0.4) is 0 Å². The van der Waals surface area contributed by atoms with Gasteiger partial charge in [0.1, 0.15) is 11.5 Å². The SMILES string of the molecule is CCCCCOc1cnc(CS(=O)(=O)OC)c(Cl)c1. The number of pyridine rings is 1. The average molecular weight is 308 g/mol. The van der Waals surface area contributed by atoms with Crippen LogP contribution in [-0.2, 0) is 20.1 Å². The van der Waals surface area contributed by atoms with Gasteiger partial charge in [-0.05, 0) is 6.42 Å². The summed E-state index contributed by atoms with van der Waals surface area (Å²) in [4.78, 5) is 3.99. The number of aromatic nitrogens is 1. The number of hydrogen-bond donors (Lipinski definition) is 0. The van der Waals surface area contributed by atoms with Gasteiger partial charge in [-0.25, -0.2) is 0 Å². The molecule has 0 saturated heterocycles. The molecule has 0 aromatic carbocycles. The smallest absolute Gasteiger partial charge is 0.272 e. The fraction of sp³-hybridized carbons (Fsp3) is 0.583. The van der Waals surface area contributed by atoms with E-state index in [0.717, 1.165) is 26.4 Å². The number of halogens is 1. The molecule has 108 valence electrons. The van der Waals surface area contributed by atoms with Crippen LogP contribution in [0.15, 0.2) is 12.3 Å². The van der Waals surface area contributed by atoms with Crippen LogP contribution in [0.4, 0.5) is 0 Å². The normalized spacial score (nSPS) is 11.5. The third-order valence-electron chi connectivity index (χ3n) is 2.48. The van der Waals surface area contributed by atoms with E-state index in [1.54, 1.807) is 6.07 Å². The van der Waals surface area contributed by atoms with Crippen molar-refractivity contribution >= 4 is 21.7 Å². The number of ether oxygens (including phenoxy) is 1. The Morgan fingerprint density at radius 3 is 2.68 bits per heavy atom. The molecule has 1 aromatic heterocycles. The van der Waals surface area contributed by atoms with Crippen LogP contribution in [0.25, 0.3) is 0 Å². The quantitative estimate of drug-likeness (QED) is 0.546. The second-order valence-corrected chi connectivity index (χ2v) is 6.17. The third-order valence-corrected chi connectivity index (χ3v) is 3.94. The van der Waals surface area contributed by atoms with Crippen LogP contribution in [0.2, 0.25) is 5.02 Å². The molecule has 1 rings (SSSR count). The Bertz CT molecular complexity index is 504. The molecule has 0 aliphatic heterocycles. The molecular formula is C12H18ClNO4S. The largest absolute Gasteiger partial charge is 0.492 e. The summed E-state index contributed by atoms with van der Waals surface area (Å²) in [7, 11) is -2.51. The second-order valence-electron chi connectivity index (χ2n) is 4.02. The van der Waals surface area contributed by atoms with Crippen molar-refractivity contribution in [2.45, 2.75) is 31.9 Å². The van der Waals surface area contributed by atoms with Gasteiger partial charge in [0.2, 0.25) is 0 Å². The van der Waals surface area contributed by atoms with Crippen molar-refractivity contribution in [2.75, 3.05) is 13.7 Å². The monoisotopic (exact) mass is 307 g/mol. The van der Waals surface area contributed by atoms with Gasteiger partial charge in [-0.15, -0.1) is 0 Å². The fourth-order valence-electron chi connectivity index (χ4n) is 1.40. The van der Waals surface area contributed by atoms with Gasteiger partial charge in [0.15, 0.2) is 0 Å². The van der Waals surface area contributed by atoms with Crippen molar-refractivity contribution in [2.24, 2.45) is 0 Å². The molecule has 0 amide bonds. The average Bonchev–Trinajstić information content (AvgIpc) is 2.38. The molecule has 7 heteroatoms. The lowest BCUT2D eigenvalue weighted by molar-refractivity contribution is 0.305. The molecule has 0 aliphatic rings. The lowest BCUT2D eigenvalue weighted by Gasteiger charge is -2.08. The van der Waals surface area contributed by atoms with Gasteiger partial charge >= 0.3 is 0 Å². The van der Waals surface area contributed by atoms with Crippen molar-refractivity contribution in [1.82, 2.24) is 4.98 Å². The molecule has 0 unspecified atom stereocenters. The maximum absolute atomic E-state index is 11.3. The van der Waals surface area contributed by atoms with E-state index in [4.69, 9.17) is 16.3 Å². The van der Waals surface area contributed by atoms with Crippen molar-refractivity contribution < 1.29 is 17.3 Å². The molecular weight excluding hydrogens is 290 g/mol. The van der Waals surface area contributed by atoms with E-state index >= 15 is 0 Å². The van der Waals surface area contributed by atoms with E-state index in [1.807, 2.05) is 0 Å². The summed E-state index contributed by atoms with van der Waals surface area (Å²) in [6.07, 6.45) is 4.66. The van der Waals surface area contributed by atoms with Gasteiger partial charge in [0.05, 0.1) is 30.6 Å². The van der Waals surface area contributed by atoms with E-state index in [9.17, 15) is 8.42 Å². The Balaban J connectivity index is 2.64. The minimum Gasteiger partial charge on any atom is -0.492 e. The first kappa shape index (κ1) is 16.2. The maximum Gasteiger partial charge on any atom is 0.272 e. The summed E-state index contributed by atoms with van der Waals surface area (Å²) >= 11 is 5.97. The summed E-state index contributed by atoms with van der Waals surface area (Å²) in [6, 6.07) is 1.57. The predicted molar refractivity (Wildman–Crippen MR) is 73.9 cm³/mol. The maximum atomic E-state index is 11.3. The molecule has 1 heterocycles. The zero-order valence-electron chi connectivity index (χ0n) is 11.1. The van der Waals surface area contributed by atoms with Crippen LogP contribution in [0, 0.1) is 0 Å². The molecule has 0 atom stereocenters. The molecule has 5 nitrogen and oxygen atoms in total. The molecule has 0 saturated carbocycles. The highest BCUT2D eigenvalue weighted by Gasteiger charge is 2.14. The fourth-order valence-corrected chi connectivity index (χ4v) is 2.39. The Labute approximate surface area is 119 Å². The lowest BCUT2D eigenvalue weighted by atomic mass is 10.3. The summed E-state index contributed by atoms with van der Waals surface area (Å²) in [6.45, 7) is 2.71. The third kappa shape index (κ3) is 5.76. The Morgan fingerprint density at radius 1 is 1.37 bits per heavy atom. The van der Waals surface area contributed by atoms with E-state index in [-0.39, 0.29) is 16.5 Å². The summed E-state index contributed by atoms with van der Waals surface area (Å²) in [5.41, 5.74) is 0.254. The first-order valence-corrected chi connectivity index (χ1v) is 7.99. The van der Waals surface area contributed by atoms with Gasteiger partial charge < -0.3 is 4.74 Å². The number of nitrogens with zero attached hydrogens (tertiary/aromatic N) is 1. The van der Waals surface area contributed by atoms with Crippen LogP contribution >= 0.6 is 11.6 Å². The number of unbranched alkanes of at least 4 members (excludes halogenated alkanes) is 2. The summed E-state index contributed by atoms with van der Waals surface area (Å²) in [5, 5.41) is 0.258. The highest BCUT2D eigenvalue weighted by Crippen LogP contribution is 2.22. The van der Waals surface area contributed by atoms with Crippen molar-refractivity contribution in [3.63, 3.8) is 0 Å². The van der Waals surface area contributed by atoms with Gasteiger partial charge in [0, 0.05) is 6.07 Å². The highest BCUT2D eigenvalue weighted by atomic mass is 35.5. The molecule has 0 N–H and O–H groups in total. The topological polar surface area (TPSA) is 65.5 Å². The van der Waals surface area contributed by atoms with E-state index in [1.165, 1.54) is 6.20 Å². The van der Waals surface area contributed by atoms with Crippen LogP contribution < -0.4 is 4.74 Å². The highest BCUT2D eigenvalue weighted by molar-refractivity contribution is 7.85. The van der Waals surface area contributed by atoms with E-state index in [0.29, 0.717) is 12.4 Å². The Morgan fingerprint density at radius 2 is 2.11 bits per heavy atom. The second kappa shape index (κ2) is 7.67. The summed E-state index contributed by atoms with van der Waals surface area (Å²) in [5.74, 6) is 0.193. The standard InChI is InChI=1S/C12H18ClNO4S/c1-3-4-5-6-18-10-7-11(13)12(14-8-10)9-19(15,16)17-2/h7-8H,3-6,9H2,1-2H3. The van der Waals surface area contributed by atoms with Crippen LogP contribution in [0.5, 0.6) is 5.75 Å². The van der Waals surface area contributed by atoms with Crippen LogP contribution in [-0.4, -0.2) is 27.1 Å². The first-order valence-electron chi connectivity index (χ1n) is 6.04. The van der Waals surface area contributed by atoms with E-state index in [2.05, 4.69) is 16.1 Å². The minimum atomic E-state index is -3.62. The van der Waals surface area contributed by atoms with Crippen molar-refractivity contribution in [1.29, 1.82) is 0 Å². The van der Waals surface area contributed by atoms with E-state index < -0.39 is 10.1 Å². The number of rotatable bonds is 8. The Hall–Kier alpha value is -0.850. The predicted octanol–water partition coefficient (Wildman–Crippen LogP) is 2.78. The summed E-state index contributed by atoms with van der Waals surface area (Å²) < 4.78 is 32.4. The number of hydrogen-bond acceptors (Lipinski definition) is 5. The molecule has 0 spiro atoms. The molecule has 0 bridgehead atoms. The van der Waals surface area contributed by atoms with Crippen LogP contribution in [0.1, 0.15) is 31.9 Å². The van der Waals surface area contributed by atoms with Gasteiger partial charge in [-0.2, -0.15) is 8.42 Å². The molecule has 1 aromatic rings. The van der Waals surface area contributed by atoms with Gasteiger partial charge in [-0.3, -0.25) is 9.17 Å². The van der Waals surface area contributed by atoms with Crippen molar-refractivity contribution in [3.8, 4) is 5.75 Å². The molecule has 0 aliphatic carbocycles. The van der Waals surface area contributed by atoms with Crippen molar-refractivity contribution in [3.05, 3.63) is 23.0 Å². The molecule has 0 fully saturated rings. The zero-order valence-corrected chi connectivity index (χ0v) is 12.6. The van der Waals surface area contributed by atoms with Gasteiger partial charge in [0.25, 0.3) is 10.1 Å².